The predicted molar refractivity (Wildman–Crippen MR) is 31.7 cm³/mol. The maximum Gasteiger partial charge on any atom is 0.225 e. The quantitative estimate of drug-likeness (QED) is 0.546. The fourth-order valence-corrected chi connectivity index (χ4v) is 1.32. The Labute approximate surface area is 49.9 Å². The summed E-state index contributed by atoms with van der Waals surface area (Å²) in [5, 5.41) is 6.43. The van der Waals surface area contributed by atoms with E-state index in [0.29, 0.717) is 0 Å². The fourth-order valence-electron chi connectivity index (χ4n) is 0.439. The van der Waals surface area contributed by atoms with Gasteiger partial charge in [-0.25, -0.2) is 8.42 Å². The molecule has 1 N–H and O–H groups in total. The maximum absolute atomic E-state index is 10.1. The Morgan fingerprint density at radius 2 is 1.88 bits per heavy atom. The Hall–Kier alpha value is -0.0900. The van der Waals surface area contributed by atoms with Crippen LogP contribution in [0.1, 0.15) is 13.8 Å². The number of sulfonamides is 1. The van der Waals surface area contributed by atoms with Gasteiger partial charge in [-0.3, -0.25) is 0 Å². The Kier molecular flexibility index (Phi) is 2.43. The molecule has 0 aliphatic carbocycles. The molecule has 1 radical (unpaired) electrons. The van der Waals surface area contributed by atoms with Gasteiger partial charge in [0.1, 0.15) is 0 Å². The summed E-state index contributed by atoms with van der Waals surface area (Å²) in [6, 6.07) is 0. The van der Waals surface area contributed by atoms with Crippen molar-refractivity contribution in [1.29, 1.82) is 0 Å². The molecule has 0 bridgehead atoms. The van der Waals surface area contributed by atoms with Crippen LogP contribution < -0.4 is 5.14 Å². The normalized spacial score (nSPS) is 12.5. The van der Waals surface area contributed by atoms with Gasteiger partial charge >= 0.3 is 0 Å². The van der Waals surface area contributed by atoms with Gasteiger partial charge in [-0.2, -0.15) is 0 Å². The van der Waals surface area contributed by atoms with Crippen LogP contribution in [0.3, 0.4) is 0 Å². The Balaban J connectivity index is 3.75. The van der Waals surface area contributed by atoms with Crippen molar-refractivity contribution in [3.05, 3.63) is 0 Å². The van der Waals surface area contributed by atoms with E-state index in [9.17, 15) is 8.42 Å². The van der Waals surface area contributed by atoms with Crippen LogP contribution in [0.4, 0.5) is 0 Å². The van der Waals surface area contributed by atoms with Crippen LogP contribution in [-0.4, -0.2) is 14.2 Å². The number of nitrogens with one attached hydrogen (secondary N) is 1. The lowest BCUT2D eigenvalue weighted by atomic mass is 10.3. The van der Waals surface area contributed by atoms with Crippen LogP contribution in [0.25, 0.3) is 0 Å². The van der Waals surface area contributed by atoms with Crippen molar-refractivity contribution in [3.63, 3.8) is 0 Å². The van der Waals surface area contributed by atoms with Crippen LogP contribution in [0.5, 0.6) is 0 Å². The van der Waals surface area contributed by atoms with Crippen molar-refractivity contribution in [1.82, 2.24) is 5.14 Å². The van der Waals surface area contributed by atoms with E-state index in [2.05, 4.69) is 0 Å². The van der Waals surface area contributed by atoms with E-state index in [4.69, 9.17) is 5.14 Å². The zero-order chi connectivity index (χ0) is 6.78. The predicted octanol–water partition coefficient (Wildman–Crippen LogP) is 0.255. The summed E-state index contributed by atoms with van der Waals surface area (Å²) in [5.74, 6) is 0.0324. The molecule has 4 heteroatoms. The molecule has 0 amide bonds. The Bertz CT molecular complexity index is 147. The van der Waals surface area contributed by atoms with E-state index >= 15 is 0 Å². The molecule has 0 saturated carbocycles. The van der Waals surface area contributed by atoms with Gasteiger partial charge in [0.05, 0.1) is 5.75 Å². The molecule has 0 saturated heterocycles. The summed E-state index contributed by atoms with van der Waals surface area (Å²) in [4.78, 5) is 0. The lowest BCUT2D eigenvalue weighted by Crippen LogP contribution is -2.10. The zero-order valence-corrected chi connectivity index (χ0v) is 5.83. The smallest absolute Gasteiger partial charge is 0.211 e. The first-order valence-corrected chi connectivity index (χ1v) is 4.04. The molecule has 0 aliphatic heterocycles. The van der Waals surface area contributed by atoms with E-state index < -0.39 is 10.0 Å². The van der Waals surface area contributed by atoms with Crippen molar-refractivity contribution in [2.75, 3.05) is 5.75 Å². The average molecular weight is 136 g/mol. The van der Waals surface area contributed by atoms with Crippen LogP contribution in [-0.2, 0) is 10.0 Å². The summed E-state index contributed by atoms with van der Waals surface area (Å²) in [5.41, 5.74) is 0. The average Bonchev–Trinajstić information content (AvgIpc) is 1.21. The Morgan fingerprint density at radius 1 is 1.50 bits per heavy atom. The second kappa shape index (κ2) is 2.46. The molecule has 0 fully saturated rings. The summed E-state index contributed by atoms with van der Waals surface area (Å²) in [6.07, 6.45) is 0. The SMILES string of the molecule is CC(C)CS([NH])(=O)=O. The largest absolute Gasteiger partial charge is 0.225 e. The molecule has 0 heterocycles. The van der Waals surface area contributed by atoms with Crippen molar-refractivity contribution in [2.45, 2.75) is 13.8 Å². The maximum atomic E-state index is 10.1. The topological polar surface area (TPSA) is 57.9 Å². The zero-order valence-electron chi connectivity index (χ0n) is 5.01. The first kappa shape index (κ1) is 7.91. The lowest BCUT2D eigenvalue weighted by Gasteiger charge is -1.97. The molecule has 0 rings (SSSR count). The van der Waals surface area contributed by atoms with Gasteiger partial charge in [0.2, 0.25) is 10.0 Å². The van der Waals surface area contributed by atoms with Gasteiger partial charge < -0.3 is 0 Å². The highest BCUT2D eigenvalue weighted by Crippen LogP contribution is 1.94. The van der Waals surface area contributed by atoms with Crippen molar-refractivity contribution in [2.24, 2.45) is 5.92 Å². The molecule has 0 aliphatic rings. The third-order valence-electron chi connectivity index (χ3n) is 0.553. The summed E-state index contributed by atoms with van der Waals surface area (Å²) in [7, 11) is -3.47. The molecule has 0 spiro atoms. The van der Waals surface area contributed by atoms with Crippen molar-refractivity contribution < 1.29 is 8.42 Å². The highest BCUT2D eigenvalue weighted by Gasteiger charge is 2.05. The van der Waals surface area contributed by atoms with Crippen LogP contribution in [0.2, 0.25) is 0 Å². The van der Waals surface area contributed by atoms with Crippen LogP contribution in [0.15, 0.2) is 0 Å². The molecule has 49 valence electrons. The molecular weight excluding hydrogens is 126 g/mol. The highest BCUT2D eigenvalue weighted by atomic mass is 32.2. The standard InChI is InChI=1S/C4H10NO2S/c1-4(2)3-8(5,6)7/h4-5H,3H2,1-2H3. The molecule has 0 unspecified atom stereocenters. The molecule has 0 aromatic heterocycles. The van der Waals surface area contributed by atoms with Crippen LogP contribution >= 0.6 is 0 Å². The van der Waals surface area contributed by atoms with E-state index in [0.717, 1.165) is 0 Å². The first-order chi connectivity index (χ1) is 3.42. The highest BCUT2D eigenvalue weighted by molar-refractivity contribution is 7.88. The monoisotopic (exact) mass is 136 g/mol. The number of hydrogen-bond donors (Lipinski definition) is 0. The van der Waals surface area contributed by atoms with Gasteiger partial charge in [0, 0.05) is 0 Å². The third kappa shape index (κ3) is 5.91. The van der Waals surface area contributed by atoms with Gasteiger partial charge in [-0.05, 0) is 5.92 Å². The van der Waals surface area contributed by atoms with Gasteiger partial charge in [0.15, 0.2) is 0 Å². The minimum atomic E-state index is -3.47. The van der Waals surface area contributed by atoms with E-state index in [-0.39, 0.29) is 11.7 Å². The summed E-state index contributed by atoms with van der Waals surface area (Å²) >= 11 is 0. The molecule has 0 aromatic carbocycles. The third-order valence-corrected chi connectivity index (χ3v) is 1.66. The summed E-state index contributed by atoms with van der Waals surface area (Å²) < 4.78 is 20.2. The molecule has 8 heavy (non-hydrogen) atoms. The van der Waals surface area contributed by atoms with Crippen molar-refractivity contribution >= 4 is 10.0 Å². The minimum Gasteiger partial charge on any atom is -0.211 e. The fraction of sp³-hybridized carbons (Fsp3) is 1.00. The minimum absolute atomic E-state index is 0.0347. The van der Waals surface area contributed by atoms with E-state index in [1.807, 2.05) is 0 Å². The second-order valence-electron chi connectivity index (χ2n) is 2.18. The van der Waals surface area contributed by atoms with Crippen LogP contribution in [0, 0.1) is 5.92 Å². The number of rotatable bonds is 2. The van der Waals surface area contributed by atoms with E-state index in [1.54, 1.807) is 13.8 Å². The lowest BCUT2D eigenvalue weighted by molar-refractivity contribution is 0.582. The number of hydrogen-bond acceptors (Lipinski definition) is 2. The molecule has 3 nitrogen and oxygen atoms in total. The van der Waals surface area contributed by atoms with E-state index in [1.165, 1.54) is 0 Å². The van der Waals surface area contributed by atoms with Crippen molar-refractivity contribution in [3.8, 4) is 0 Å². The summed E-state index contributed by atoms with van der Waals surface area (Å²) in [6.45, 7) is 3.54. The molecular formula is C4H10NO2S. The second-order valence-corrected chi connectivity index (χ2v) is 3.74. The van der Waals surface area contributed by atoms with Gasteiger partial charge in [-0.15, -0.1) is 5.14 Å². The van der Waals surface area contributed by atoms with Gasteiger partial charge in [0.25, 0.3) is 0 Å². The van der Waals surface area contributed by atoms with Gasteiger partial charge in [-0.1, -0.05) is 13.8 Å². The molecule has 0 aromatic rings. The Morgan fingerprint density at radius 3 is 1.88 bits per heavy atom. The molecule has 0 atom stereocenters. The first-order valence-electron chi connectivity index (χ1n) is 2.39.